The molecule has 0 radical (unpaired) electrons. The van der Waals surface area contributed by atoms with E-state index in [1.165, 1.54) is 60.1 Å². The molecule has 0 saturated carbocycles. The van der Waals surface area contributed by atoms with Gasteiger partial charge in [-0.3, -0.25) is 0 Å². The minimum atomic E-state index is 0.859. The average Bonchev–Trinajstić information content (AvgIpc) is 3.72. The normalized spacial score (nSPS) is 11.7. The molecule has 0 aliphatic heterocycles. The first-order valence-electron chi connectivity index (χ1n) is 20.6. The number of nitrogens with zero attached hydrogens (tertiary/aromatic N) is 1. The molecule has 0 saturated heterocycles. The van der Waals surface area contributed by atoms with Crippen molar-refractivity contribution in [2.45, 2.75) is 0 Å². The molecule has 0 aliphatic carbocycles. The third-order valence-electron chi connectivity index (χ3n) is 12.2. The molecule has 0 fully saturated rings. The molecule has 0 atom stereocenters. The van der Waals surface area contributed by atoms with Crippen LogP contribution in [0.1, 0.15) is 0 Å². The van der Waals surface area contributed by atoms with Crippen molar-refractivity contribution in [2.24, 2.45) is 0 Å². The number of furan rings is 1. The second kappa shape index (κ2) is 13.9. The molecule has 0 unspecified atom stereocenters. The molecule has 0 N–H and O–H groups in total. The van der Waals surface area contributed by atoms with Crippen LogP contribution in [0, 0.1) is 0 Å². The largest absolute Gasteiger partial charge is 0.455 e. The SMILES string of the molecule is c1ccc(-c2c(-c3ccccc3)c3cc(N(c4cccc(-c5ccc6ccccc6c5)c4)c4cccc5oc6c7ccccc7ccc6c45)ccc3c3ccccc23)cc1. The second-order valence-corrected chi connectivity index (χ2v) is 15.6. The lowest BCUT2D eigenvalue weighted by Crippen LogP contribution is -2.10. The molecule has 0 amide bonds. The van der Waals surface area contributed by atoms with Crippen LogP contribution in [0.3, 0.4) is 0 Å². The van der Waals surface area contributed by atoms with Crippen LogP contribution in [0.2, 0.25) is 0 Å². The lowest BCUT2D eigenvalue weighted by atomic mass is 9.85. The maximum absolute atomic E-state index is 6.80. The number of fused-ring (bicyclic) bond motifs is 9. The lowest BCUT2D eigenvalue weighted by molar-refractivity contribution is 0.672. The van der Waals surface area contributed by atoms with Crippen molar-refractivity contribution in [3.05, 3.63) is 224 Å². The van der Waals surface area contributed by atoms with E-state index in [4.69, 9.17) is 4.42 Å². The van der Waals surface area contributed by atoms with E-state index in [1.807, 2.05) is 0 Å². The zero-order chi connectivity index (χ0) is 39.6. The van der Waals surface area contributed by atoms with Crippen molar-refractivity contribution < 1.29 is 4.42 Å². The summed E-state index contributed by atoms with van der Waals surface area (Å²) in [6, 6.07) is 81.3. The van der Waals surface area contributed by atoms with Gasteiger partial charge in [-0.1, -0.05) is 176 Å². The maximum Gasteiger partial charge on any atom is 0.143 e. The van der Waals surface area contributed by atoms with Gasteiger partial charge in [0.1, 0.15) is 11.2 Å². The Morgan fingerprint density at radius 2 is 0.867 bits per heavy atom. The van der Waals surface area contributed by atoms with Crippen molar-refractivity contribution in [2.75, 3.05) is 4.90 Å². The van der Waals surface area contributed by atoms with Crippen molar-refractivity contribution in [3.8, 4) is 33.4 Å². The summed E-state index contributed by atoms with van der Waals surface area (Å²) in [5.41, 5.74) is 12.1. The van der Waals surface area contributed by atoms with E-state index in [0.29, 0.717) is 0 Å². The van der Waals surface area contributed by atoms with Crippen LogP contribution in [0.15, 0.2) is 229 Å². The molecule has 12 aromatic rings. The van der Waals surface area contributed by atoms with E-state index in [2.05, 4.69) is 229 Å². The van der Waals surface area contributed by atoms with Crippen LogP contribution < -0.4 is 4.90 Å². The van der Waals surface area contributed by atoms with Gasteiger partial charge in [-0.05, 0) is 120 Å². The first-order valence-corrected chi connectivity index (χ1v) is 20.6. The third kappa shape index (κ3) is 5.50. The Morgan fingerprint density at radius 3 is 1.67 bits per heavy atom. The molecule has 280 valence electrons. The molecule has 0 bridgehead atoms. The molecule has 1 aromatic heterocycles. The summed E-state index contributed by atoms with van der Waals surface area (Å²) >= 11 is 0. The van der Waals surface area contributed by atoms with Crippen molar-refractivity contribution in [3.63, 3.8) is 0 Å². The Balaban J connectivity index is 1.17. The Bertz CT molecular complexity index is 3600. The summed E-state index contributed by atoms with van der Waals surface area (Å²) in [6.07, 6.45) is 0. The number of hydrogen-bond acceptors (Lipinski definition) is 2. The predicted octanol–water partition coefficient (Wildman–Crippen LogP) is 16.7. The highest BCUT2D eigenvalue weighted by molar-refractivity contribution is 6.23. The van der Waals surface area contributed by atoms with Crippen LogP contribution in [0.4, 0.5) is 17.1 Å². The summed E-state index contributed by atoms with van der Waals surface area (Å²) in [4.78, 5) is 2.43. The Labute approximate surface area is 347 Å². The lowest BCUT2D eigenvalue weighted by Gasteiger charge is -2.28. The van der Waals surface area contributed by atoms with Gasteiger partial charge in [0.25, 0.3) is 0 Å². The minimum absolute atomic E-state index is 0.859. The summed E-state index contributed by atoms with van der Waals surface area (Å²) in [6.45, 7) is 0. The molecule has 1 heterocycles. The predicted molar refractivity (Wildman–Crippen MR) is 255 cm³/mol. The summed E-state index contributed by atoms with van der Waals surface area (Å²) in [7, 11) is 0. The highest BCUT2D eigenvalue weighted by Gasteiger charge is 2.23. The number of hydrogen-bond donors (Lipinski definition) is 0. The average molecular weight is 764 g/mol. The topological polar surface area (TPSA) is 16.4 Å². The highest BCUT2D eigenvalue weighted by Crippen LogP contribution is 2.49. The molecular weight excluding hydrogens is 727 g/mol. The smallest absolute Gasteiger partial charge is 0.143 e. The van der Waals surface area contributed by atoms with Crippen molar-refractivity contribution in [1.29, 1.82) is 0 Å². The standard InChI is InChI=1S/C58H37NO/c1-3-17-40(18-4-1)55-50-26-12-11-25-48(50)49-34-32-46(37-52(49)56(55)41-19-5-2-6-20-41)59(45-23-13-22-43(36-45)44-30-29-38-15-7-8-21-42(38)35-44)53-27-14-28-54-57(53)51-33-31-39-16-9-10-24-47(39)58(51)60-54/h1-37H. The van der Waals surface area contributed by atoms with Crippen LogP contribution in [0.25, 0.3) is 98.4 Å². The van der Waals surface area contributed by atoms with E-state index in [-0.39, 0.29) is 0 Å². The third-order valence-corrected chi connectivity index (χ3v) is 12.2. The minimum Gasteiger partial charge on any atom is -0.455 e. The van der Waals surface area contributed by atoms with Gasteiger partial charge in [-0.15, -0.1) is 0 Å². The van der Waals surface area contributed by atoms with Gasteiger partial charge in [0.15, 0.2) is 0 Å². The molecular formula is C58H37NO. The fraction of sp³-hybridized carbons (Fsp3) is 0. The molecule has 2 nitrogen and oxygen atoms in total. The summed E-state index contributed by atoms with van der Waals surface area (Å²) < 4.78 is 6.80. The molecule has 0 aliphatic rings. The second-order valence-electron chi connectivity index (χ2n) is 15.6. The van der Waals surface area contributed by atoms with E-state index in [1.54, 1.807) is 0 Å². The molecule has 60 heavy (non-hydrogen) atoms. The van der Waals surface area contributed by atoms with Crippen molar-refractivity contribution >= 4 is 82.1 Å². The van der Waals surface area contributed by atoms with Gasteiger partial charge in [0.05, 0.1) is 11.1 Å². The Kier molecular flexibility index (Phi) is 7.89. The molecule has 11 aromatic carbocycles. The number of rotatable bonds is 6. The van der Waals surface area contributed by atoms with Crippen LogP contribution in [0.5, 0.6) is 0 Å². The molecule has 2 heteroatoms. The first kappa shape index (κ1) is 34.1. The van der Waals surface area contributed by atoms with Gasteiger partial charge in [0, 0.05) is 22.1 Å². The van der Waals surface area contributed by atoms with Crippen molar-refractivity contribution in [1.82, 2.24) is 0 Å². The van der Waals surface area contributed by atoms with Crippen LogP contribution in [-0.4, -0.2) is 0 Å². The summed E-state index contributed by atoms with van der Waals surface area (Å²) in [5, 5.41) is 11.8. The summed E-state index contributed by atoms with van der Waals surface area (Å²) in [5.74, 6) is 0. The molecule has 0 spiro atoms. The van der Waals surface area contributed by atoms with Gasteiger partial charge < -0.3 is 9.32 Å². The Hall–Kier alpha value is -7.94. The van der Waals surface area contributed by atoms with Gasteiger partial charge >= 0.3 is 0 Å². The van der Waals surface area contributed by atoms with E-state index < -0.39 is 0 Å². The fourth-order valence-electron chi connectivity index (χ4n) is 9.47. The molecule has 12 rings (SSSR count). The van der Waals surface area contributed by atoms with Gasteiger partial charge in [-0.2, -0.15) is 0 Å². The monoisotopic (exact) mass is 763 g/mol. The number of anilines is 3. The number of benzene rings is 11. The quantitative estimate of drug-likeness (QED) is 0.157. The fourth-order valence-corrected chi connectivity index (χ4v) is 9.47. The van der Waals surface area contributed by atoms with Gasteiger partial charge in [-0.25, -0.2) is 0 Å². The highest BCUT2D eigenvalue weighted by atomic mass is 16.3. The van der Waals surface area contributed by atoms with E-state index in [0.717, 1.165) is 55.3 Å². The first-order chi connectivity index (χ1) is 29.8. The zero-order valence-corrected chi connectivity index (χ0v) is 32.7. The van der Waals surface area contributed by atoms with Crippen LogP contribution >= 0.6 is 0 Å². The van der Waals surface area contributed by atoms with E-state index in [9.17, 15) is 0 Å². The maximum atomic E-state index is 6.80. The van der Waals surface area contributed by atoms with E-state index >= 15 is 0 Å². The van der Waals surface area contributed by atoms with Crippen LogP contribution in [-0.2, 0) is 0 Å². The zero-order valence-electron chi connectivity index (χ0n) is 32.7. The van der Waals surface area contributed by atoms with Gasteiger partial charge in [0.2, 0.25) is 0 Å². The Morgan fingerprint density at radius 1 is 0.300 bits per heavy atom.